The second kappa shape index (κ2) is 6.75. The number of hydrogen-bond acceptors (Lipinski definition) is 2. The summed E-state index contributed by atoms with van der Waals surface area (Å²) in [6.45, 7) is 3.92. The van der Waals surface area contributed by atoms with Crippen molar-refractivity contribution in [3.8, 4) is 0 Å². The molecule has 0 aliphatic heterocycles. The average molecular weight is 354 g/mol. The lowest BCUT2D eigenvalue weighted by atomic mass is 9.99. The second-order valence-corrected chi connectivity index (χ2v) is 5.73. The largest absolute Gasteiger partial charge is 0.323 e. The molecule has 2 atom stereocenters. The molecule has 18 heavy (non-hydrogen) atoms. The molecule has 0 saturated heterocycles. The molecule has 3 nitrogen and oxygen atoms in total. The highest BCUT2D eigenvalue weighted by molar-refractivity contribution is 9.10. The molecule has 3 N–H and O–H groups in total. The Bertz CT molecular complexity index is 454. The molecule has 0 heterocycles. The number of benzene rings is 1. The van der Waals surface area contributed by atoms with Gasteiger partial charge in [0.1, 0.15) is 0 Å². The summed E-state index contributed by atoms with van der Waals surface area (Å²) in [4.78, 5) is 11.9. The minimum Gasteiger partial charge on any atom is -0.323 e. The smallest absolute Gasteiger partial charge is 0.241 e. The van der Waals surface area contributed by atoms with E-state index in [-0.39, 0.29) is 11.8 Å². The van der Waals surface area contributed by atoms with E-state index in [9.17, 15) is 4.79 Å². The number of rotatable bonds is 4. The number of anilines is 1. The Balaban J connectivity index is 2.86. The van der Waals surface area contributed by atoms with Gasteiger partial charge in [0.25, 0.3) is 0 Å². The summed E-state index contributed by atoms with van der Waals surface area (Å²) in [5.41, 5.74) is 6.31. The Morgan fingerprint density at radius 1 is 1.44 bits per heavy atom. The van der Waals surface area contributed by atoms with Gasteiger partial charge in [0, 0.05) is 4.47 Å². The van der Waals surface area contributed by atoms with Crippen molar-refractivity contribution >= 4 is 50.7 Å². The first kappa shape index (κ1) is 15.8. The van der Waals surface area contributed by atoms with Crippen molar-refractivity contribution in [2.75, 3.05) is 5.32 Å². The van der Waals surface area contributed by atoms with Gasteiger partial charge in [-0.25, -0.2) is 0 Å². The van der Waals surface area contributed by atoms with E-state index in [1.54, 1.807) is 12.1 Å². The van der Waals surface area contributed by atoms with Crippen molar-refractivity contribution in [2.24, 2.45) is 11.7 Å². The van der Waals surface area contributed by atoms with E-state index in [1.807, 2.05) is 13.8 Å². The molecule has 0 spiro atoms. The molecule has 1 aromatic carbocycles. The molecule has 0 saturated carbocycles. The van der Waals surface area contributed by atoms with Crippen LogP contribution in [0.25, 0.3) is 0 Å². The Hall–Kier alpha value is -0.290. The lowest BCUT2D eigenvalue weighted by Crippen LogP contribution is -2.40. The fraction of sp³-hybridized carbons (Fsp3) is 0.417. The first-order valence-electron chi connectivity index (χ1n) is 5.58. The van der Waals surface area contributed by atoms with Crippen LogP contribution in [-0.4, -0.2) is 11.9 Å². The van der Waals surface area contributed by atoms with Crippen LogP contribution in [0.2, 0.25) is 10.0 Å². The minimum atomic E-state index is -0.562. The van der Waals surface area contributed by atoms with Crippen molar-refractivity contribution in [3.63, 3.8) is 0 Å². The van der Waals surface area contributed by atoms with Crippen LogP contribution in [0, 0.1) is 5.92 Å². The molecule has 0 radical (unpaired) electrons. The maximum atomic E-state index is 11.9. The lowest BCUT2D eigenvalue weighted by Gasteiger charge is -2.18. The van der Waals surface area contributed by atoms with Crippen LogP contribution >= 0.6 is 39.1 Å². The maximum Gasteiger partial charge on any atom is 0.241 e. The van der Waals surface area contributed by atoms with E-state index in [4.69, 9.17) is 28.9 Å². The van der Waals surface area contributed by atoms with Gasteiger partial charge in [0.2, 0.25) is 5.91 Å². The van der Waals surface area contributed by atoms with Gasteiger partial charge in [-0.05, 0) is 34.0 Å². The number of nitrogens with two attached hydrogens (primary N) is 1. The van der Waals surface area contributed by atoms with Crippen LogP contribution in [0.5, 0.6) is 0 Å². The van der Waals surface area contributed by atoms with Crippen molar-refractivity contribution in [1.82, 2.24) is 0 Å². The Kier molecular flexibility index (Phi) is 5.92. The number of halogens is 3. The molecule has 2 unspecified atom stereocenters. The van der Waals surface area contributed by atoms with Gasteiger partial charge in [-0.15, -0.1) is 0 Å². The zero-order valence-electron chi connectivity index (χ0n) is 10.1. The number of nitrogens with one attached hydrogen (secondary N) is 1. The summed E-state index contributed by atoms with van der Waals surface area (Å²) in [6.07, 6.45) is 0.837. The molecular formula is C12H15BrCl2N2O. The monoisotopic (exact) mass is 352 g/mol. The molecule has 0 bridgehead atoms. The lowest BCUT2D eigenvalue weighted by molar-refractivity contribution is -0.118. The van der Waals surface area contributed by atoms with Crippen LogP contribution in [0.15, 0.2) is 16.6 Å². The topological polar surface area (TPSA) is 55.1 Å². The SMILES string of the molecule is CCC(C)C(N)C(=O)Nc1ccc(Br)c(Cl)c1Cl. The predicted octanol–water partition coefficient (Wildman–Crippen LogP) is 4.07. The van der Waals surface area contributed by atoms with Gasteiger partial charge in [-0.2, -0.15) is 0 Å². The fourth-order valence-corrected chi connectivity index (χ4v) is 2.17. The summed E-state index contributed by atoms with van der Waals surface area (Å²) >= 11 is 15.3. The predicted molar refractivity (Wildman–Crippen MR) is 80.2 cm³/mol. The van der Waals surface area contributed by atoms with E-state index in [2.05, 4.69) is 21.2 Å². The standard InChI is InChI=1S/C12H15BrCl2N2O/c1-3-6(2)11(16)12(18)17-8-5-4-7(13)9(14)10(8)15/h4-6,11H,3,16H2,1-2H3,(H,17,18). The molecular weight excluding hydrogens is 339 g/mol. The van der Waals surface area contributed by atoms with Gasteiger partial charge in [0.05, 0.1) is 21.8 Å². The third-order valence-corrected chi connectivity index (χ3v) is 4.62. The van der Waals surface area contributed by atoms with Gasteiger partial charge in [0.15, 0.2) is 0 Å². The van der Waals surface area contributed by atoms with Crippen molar-refractivity contribution in [2.45, 2.75) is 26.3 Å². The van der Waals surface area contributed by atoms with E-state index in [0.29, 0.717) is 20.2 Å². The van der Waals surface area contributed by atoms with Gasteiger partial charge in [-0.1, -0.05) is 43.5 Å². The van der Waals surface area contributed by atoms with Crippen molar-refractivity contribution in [3.05, 3.63) is 26.7 Å². The van der Waals surface area contributed by atoms with E-state index < -0.39 is 6.04 Å². The highest BCUT2D eigenvalue weighted by Gasteiger charge is 2.20. The Morgan fingerprint density at radius 2 is 2.06 bits per heavy atom. The molecule has 6 heteroatoms. The quantitative estimate of drug-likeness (QED) is 0.801. The third kappa shape index (κ3) is 3.60. The van der Waals surface area contributed by atoms with Gasteiger partial charge >= 0.3 is 0 Å². The van der Waals surface area contributed by atoms with Crippen LogP contribution in [0.4, 0.5) is 5.69 Å². The molecule has 100 valence electrons. The van der Waals surface area contributed by atoms with Gasteiger partial charge < -0.3 is 11.1 Å². The maximum absolute atomic E-state index is 11.9. The summed E-state index contributed by atoms with van der Waals surface area (Å²) in [6, 6.07) is 2.84. The first-order chi connectivity index (χ1) is 8.38. The summed E-state index contributed by atoms with van der Waals surface area (Å²) in [7, 11) is 0. The number of amides is 1. The molecule has 1 amide bonds. The van der Waals surface area contributed by atoms with E-state index in [1.165, 1.54) is 0 Å². The normalized spacial score (nSPS) is 14.1. The zero-order valence-corrected chi connectivity index (χ0v) is 13.2. The Morgan fingerprint density at radius 3 is 2.61 bits per heavy atom. The molecule has 0 fully saturated rings. The number of carbonyl (C=O) groups is 1. The molecule has 1 aromatic rings. The average Bonchev–Trinajstić information content (AvgIpc) is 2.37. The number of carbonyl (C=O) groups excluding carboxylic acids is 1. The highest BCUT2D eigenvalue weighted by Crippen LogP contribution is 2.35. The minimum absolute atomic E-state index is 0.106. The summed E-state index contributed by atoms with van der Waals surface area (Å²) in [5.74, 6) is -0.153. The molecule has 1 rings (SSSR count). The highest BCUT2D eigenvalue weighted by atomic mass is 79.9. The summed E-state index contributed by atoms with van der Waals surface area (Å²) < 4.78 is 0.679. The van der Waals surface area contributed by atoms with E-state index >= 15 is 0 Å². The fourth-order valence-electron chi connectivity index (χ4n) is 1.35. The van der Waals surface area contributed by atoms with Crippen molar-refractivity contribution < 1.29 is 4.79 Å². The van der Waals surface area contributed by atoms with Crippen LogP contribution < -0.4 is 11.1 Å². The van der Waals surface area contributed by atoms with Gasteiger partial charge in [-0.3, -0.25) is 4.79 Å². The van der Waals surface area contributed by atoms with Crippen LogP contribution in [0.3, 0.4) is 0 Å². The number of hydrogen-bond donors (Lipinski definition) is 2. The molecule has 0 aliphatic rings. The third-order valence-electron chi connectivity index (χ3n) is 2.85. The second-order valence-electron chi connectivity index (χ2n) is 4.12. The Labute approximate surface area is 125 Å². The van der Waals surface area contributed by atoms with E-state index in [0.717, 1.165) is 6.42 Å². The van der Waals surface area contributed by atoms with Crippen molar-refractivity contribution in [1.29, 1.82) is 0 Å². The van der Waals surface area contributed by atoms with Crippen LogP contribution in [0.1, 0.15) is 20.3 Å². The first-order valence-corrected chi connectivity index (χ1v) is 7.13. The van der Waals surface area contributed by atoms with Crippen LogP contribution in [-0.2, 0) is 4.79 Å². The molecule has 0 aliphatic carbocycles. The zero-order chi connectivity index (χ0) is 13.9. The summed E-state index contributed by atoms with van der Waals surface area (Å²) in [5, 5.41) is 3.36. The molecule has 0 aromatic heterocycles.